The average molecular weight is 90.1 g/mol. The Labute approximate surface area is 35.9 Å². The largest absolute Gasteiger partial charge is 0.315 e. The molecule has 1 saturated heterocycles. The number of rotatable bonds is 0. The van der Waals surface area contributed by atoms with Crippen molar-refractivity contribution < 1.29 is 4.18 Å². The topological polar surface area (TPSA) is 9.23 Å². The zero-order chi connectivity index (χ0) is 3.54. The van der Waals surface area contributed by atoms with Crippen LogP contribution < -0.4 is 0 Å². The highest BCUT2D eigenvalue weighted by Gasteiger charge is 1.96. The summed E-state index contributed by atoms with van der Waals surface area (Å²) < 4.78 is 4.86. The molecule has 0 aromatic carbocycles. The van der Waals surface area contributed by atoms with Crippen molar-refractivity contribution in [1.82, 2.24) is 0 Å². The first-order valence-corrected chi connectivity index (χ1v) is 2.65. The van der Waals surface area contributed by atoms with Crippen molar-refractivity contribution in [3.05, 3.63) is 0 Å². The van der Waals surface area contributed by atoms with Gasteiger partial charge in [0, 0.05) is 5.75 Å². The van der Waals surface area contributed by atoms with E-state index >= 15 is 0 Å². The van der Waals surface area contributed by atoms with Gasteiger partial charge in [0.2, 0.25) is 0 Å². The van der Waals surface area contributed by atoms with Gasteiger partial charge in [-0.1, -0.05) is 0 Å². The maximum Gasteiger partial charge on any atom is 0.0622 e. The Bertz CT molecular complexity index is 18.5. The highest BCUT2D eigenvalue weighted by Crippen LogP contribution is 2.11. The van der Waals surface area contributed by atoms with E-state index in [2.05, 4.69) is 0 Å². The standard InChI is InChI=1S/C3H6OS/c1-2-4-5-3-1/h1-3H2. The molecule has 0 atom stereocenters. The third-order valence-electron chi connectivity index (χ3n) is 0.539. The molecular formula is C3H6OS. The van der Waals surface area contributed by atoms with Crippen LogP contribution in [0.25, 0.3) is 0 Å². The molecule has 2 heteroatoms. The quantitative estimate of drug-likeness (QED) is 0.411. The fourth-order valence-corrected chi connectivity index (χ4v) is 0.884. The molecule has 0 saturated carbocycles. The summed E-state index contributed by atoms with van der Waals surface area (Å²) in [6.07, 6.45) is 1.24. The van der Waals surface area contributed by atoms with E-state index in [9.17, 15) is 0 Å². The van der Waals surface area contributed by atoms with Crippen molar-refractivity contribution in [1.29, 1.82) is 0 Å². The normalized spacial score (nSPS) is 24.0. The van der Waals surface area contributed by atoms with Crippen LogP contribution in [0.5, 0.6) is 0 Å². The van der Waals surface area contributed by atoms with E-state index in [4.69, 9.17) is 4.18 Å². The second kappa shape index (κ2) is 1.67. The summed E-state index contributed by atoms with van der Waals surface area (Å²) in [6, 6.07) is 0. The molecule has 5 heavy (non-hydrogen) atoms. The summed E-state index contributed by atoms with van der Waals surface area (Å²) in [5.41, 5.74) is 0. The third-order valence-corrected chi connectivity index (χ3v) is 1.33. The lowest BCUT2D eigenvalue weighted by atomic mass is 10.5. The molecule has 0 unspecified atom stereocenters. The van der Waals surface area contributed by atoms with Crippen molar-refractivity contribution in [3.63, 3.8) is 0 Å². The van der Waals surface area contributed by atoms with Crippen LogP contribution in [-0.4, -0.2) is 12.4 Å². The van der Waals surface area contributed by atoms with Crippen molar-refractivity contribution in [2.75, 3.05) is 12.4 Å². The monoisotopic (exact) mass is 90.0 g/mol. The summed E-state index contributed by atoms with van der Waals surface area (Å²) in [6.45, 7) is 0.963. The molecular weight excluding hydrogens is 84.1 g/mol. The molecule has 0 bridgehead atoms. The van der Waals surface area contributed by atoms with Gasteiger partial charge in [0.15, 0.2) is 0 Å². The molecule has 1 aliphatic rings. The van der Waals surface area contributed by atoms with Gasteiger partial charge in [-0.15, -0.1) is 0 Å². The lowest BCUT2D eigenvalue weighted by Gasteiger charge is -1.74. The predicted molar refractivity (Wildman–Crippen MR) is 23.0 cm³/mol. The molecule has 0 spiro atoms. The van der Waals surface area contributed by atoms with E-state index in [0.29, 0.717) is 0 Å². The lowest BCUT2D eigenvalue weighted by Crippen LogP contribution is -1.69. The van der Waals surface area contributed by atoms with Crippen LogP contribution in [0, 0.1) is 0 Å². The molecule has 0 amide bonds. The van der Waals surface area contributed by atoms with Gasteiger partial charge < -0.3 is 4.18 Å². The molecule has 30 valence electrons. The van der Waals surface area contributed by atoms with Crippen LogP contribution in [0.1, 0.15) is 6.42 Å². The molecule has 1 fully saturated rings. The SMILES string of the molecule is C1COSC1. The van der Waals surface area contributed by atoms with E-state index in [1.54, 1.807) is 12.0 Å². The van der Waals surface area contributed by atoms with Gasteiger partial charge in [-0.25, -0.2) is 0 Å². The molecule has 0 aliphatic carbocycles. The first kappa shape index (κ1) is 3.50. The Morgan fingerprint density at radius 1 is 1.60 bits per heavy atom. The van der Waals surface area contributed by atoms with Gasteiger partial charge >= 0.3 is 0 Å². The minimum atomic E-state index is 0.963. The summed E-state index contributed by atoms with van der Waals surface area (Å²) in [5, 5.41) is 0. The third kappa shape index (κ3) is 0.816. The van der Waals surface area contributed by atoms with Crippen molar-refractivity contribution in [2.45, 2.75) is 6.42 Å². The fourth-order valence-electron chi connectivity index (χ4n) is 0.295. The van der Waals surface area contributed by atoms with E-state index in [0.717, 1.165) is 6.61 Å². The zero-order valence-electron chi connectivity index (χ0n) is 2.94. The van der Waals surface area contributed by atoms with Gasteiger partial charge in [-0.3, -0.25) is 0 Å². The Hall–Kier alpha value is 0.310. The molecule has 1 nitrogen and oxygen atoms in total. The molecule has 0 radical (unpaired) electrons. The number of hydrogen-bond donors (Lipinski definition) is 0. The second-order valence-corrected chi connectivity index (χ2v) is 1.88. The van der Waals surface area contributed by atoms with Crippen LogP contribution in [0.4, 0.5) is 0 Å². The highest BCUT2D eigenvalue weighted by molar-refractivity contribution is 7.94. The van der Waals surface area contributed by atoms with E-state index < -0.39 is 0 Å². The van der Waals surface area contributed by atoms with Gasteiger partial charge in [0.05, 0.1) is 6.61 Å². The van der Waals surface area contributed by atoms with Gasteiger partial charge in [-0.05, 0) is 18.5 Å². The Kier molecular flexibility index (Phi) is 1.17. The molecule has 0 N–H and O–H groups in total. The minimum absolute atomic E-state index is 0.963. The van der Waals surface area contributed by atoms with Crippen molar-refractivity contribution >= 4 is 12.0 Å². The Balaban J connectivity index is 2.08. The smallest absolute Gasteiger partial charge is 0.0622 e. The van der Waals surface area contributed by atoms with E-state index in [1.807, 2.05) is 0 Å². The first-order chi connectivity index (χ1) is 2.50. The summed E-state index contributed by atoms with van der Waals surface area (Å²) in [5.74, 6) is 1.19. The Morgan fingerprint density at radius 3 is 2.80 bits per heavy atom. The van der Waals surface area contributed by atoms with Gasteiger partial charge in [0.1, 0.15) is 0 Å². The molecule has 1 heterocycles. The van der Waals surface area contributed by atoms with Crippen molar-refractivity contribution in [3.8, 4) is 0 Å². The van der Waals surface area contributed by atoms with E-state index in [-0.39, 0.29) is 0 Å². The summed E-state index contributed by atoms with van der Waals surface area (Å²) in [4.78, 5) is 0. The van der Waals surface area contributed by atoms with Gasteiger partial charge in [-0.2, -0.15) is 0 Å². The average Bonchev–Trinajstić information content (AvgIpc) is 1.76. The van der Waals surface area contributed by atoms with Crippen molar-refractivity contribution in [2.24, 2.45) is 0 Å². The summed E-state index contributed by atoms with van der Waals surface area (Å²) in [7, 11) is 0. The zero-order valence-corrected chi connectivity index (χ0v) is 3.75. The number of hydrogen-bond acceptors (Lipinski definition) is 2. The van der Waals surface area contributed by atoms with Crippen LogP contribution in [0.15, 0.2) is 0 Å². The van der Waals surface area contributed by atoms with Crippen LogP contribution >= 0.6 is 12.0 Å². The minimum Gasteiger partial charge on any atom is -0.315 e. The molecule has 1 aliphatic heterocycles. The maximum atomic E-state index is 4.86. The van der Waals surface area contributed by atoms with E-state index in [1.165, 1.54) is 12.2 Å². The second-order valence-electron chi connectivity index (χ2n) is 0.998. The highest BCUT2D eigenvalue weighted by atomic mass is 32.2. The van der Waals surface area contributed by atoms with Crippen LogP contribution in [0.3, 0.4) is 0 Å². The first-order valence-electron chi connectivity index (χ1n) is 1.74. The fraction of sp³-hybridized carbons (Fsp3) is 1.00. The summed E-state index contributed by atoms with van der Waals surface area (Å²) >= 11 is 1.57. The van der Waals surface area contributed by atoms with Crippen LogP contribution in [-0.2, 0) is 4.18 Å². The lowest BCUT2D eigenvalue weighted by molar-refractivity contribution is 0.404. The van der Waals surface area contributed by atoms with Crippen LogP contribution in [0.2, 0.25) is 0 Å². The molecule has 0 aromatic heterocycles. The Morgan fingerprint density at radius 2 is 2.60 bits per heavy atom. The molecule has 1 rings (SSSR count). The van der Waals surface area contributed by atoms with Gasteiger partial charge in [0.25, 0.3) is 0 Å². The molecule has 0 aromatic rings. The predicted octanol–water partition coefficient (Wildman–Crippen LogP) is 1.05. The maximum absolute atomic E-state index is 4.86.